The van der Waals surface area contributed by atoms with Crippen molar-refractivity contribution in [2.45, 2.75) is 13.0 Å². The fourth-order valence-corrected chi connectivity index (χ4v) is 2.79. The van der Waals surface area contributed by atoms with Crippen molar-refractivity contribution >= 4 is 5.97 Å². The number of hydrogen-bond donors (Lipinski definition) is 0. The smallest absolute Gasteiger partial charge is 0.356 e. The molecule has 1 aromatic heterocycles. The highest BCUT2D eigenvalue weighted by molar-refractivity contribution is 5.87. The van der Waals surface area contributed by atoms with E-state index in [0.717, 1.165) is 26.1 Å². The van der Waals surface area contributed by atoms with E-state index < -0.39 is 0 Å². The van der Waals surface area contributed by atoms with E-state index in [1.165, 1.54) is 5.56 Å². The second kappa shape index (κ2) is 7.18. The summed E-state index contributed by atoms with van der Waals surface area (Å²) in [5.41, 5.74) is 1.70. The third-order valence-corrected chi connectivity index (χ3v) is 3.94. The molecule has 114 valence electrons. The van der Waals surface area contributed by atoms with Crippen molar-refractivity contribution in [3.05, 3.63) is 66.0 Å². The summed E-state index contributed by atoms with van der Waals surface area (Å²) in [4.78, 5) is 18.3. The Hall–Kier alpha value is -2.20. The van der Waals surface area contributed by atoms with Crippen molar-refractivity contribution in [1.29, 1.82) is 0 Å². The van der Waals surface area contributed by atoms with E-state index in [1.807, 2.05) is 6.07 Å². The van der Waals surface area contributed by atoms with Crippen LogP contribution >= 0.6 is 0 Å². The van der Waals surface area contributed by atoms with Gasteiger partial charge in [0.15, 0.2) is 0 Å². The Bertz CT molecular complexity index is 601. The molecule has 0 amide bonds. The van der Waals surface area contributed by atoms with Crippen molar-refractivity contribution in [2.75, 3.05) is 19.7 Å². The van der Waals surface area contributed by atoms with Crippen LogP contribution in [0.5, 0.6) is 0 Å². The molecular formula is C18H20N2O2. The molecule has 2 heterocycles. The molecule has 3 rings (SSSR count). The van der Waals surface area contributed by atoms with Crippen LogP contribution in [0.3, 0.4) is 0 Å². The molecule has 0 radical (unpaired) electrons. The quantitative estimate of drug-likeness (QED) is 0.796. The molecule has 1 saturated heterocycles. The fourth-order valence-electron chi connectivity index (χ4n) is 2.79. The van der Waals surface area contributed by atoms with Gasteiger partial charge in [0.25, 0.3) is 0 Å². The van der Waals surface area contributed by atoms with Gasteiger partial charge in [0.05, 0.1) is 6.61 Å². The van der Waals surface area contributed by atoms with Crippen molar-refractivity contribution in [3.8, 4) is 0 Å². The fraction of sp³-hybridized carbons (Fsp3) is 0.333. The molecule has 1 unspecified atom stereocenters. The van der Waals surface area contributed by atoms with E-state index in [1.54, 1.807) is 24.4 Å². The number of rotatable bonds is 5. The van der Waals surface area contributed by atoms with Gasteiger partial charge in [0, 0.05) is 25.2 Å². The number of benzene rings is 1. The number of esters is 1. The number of ether oxygens (including phenoxy) is 1. The van der Waals surface area contributed by atoms with Crippen LogP contribution in [-0.2, 0) is 11.3 Å². The number of aromatic nitrogens is 1. The monoisotopic (exact) mass is 296 g/mol. The second-order valence-electron chi connectivity index (χ2n) is 5.69. The number of pyridine rings is 1. The predicted octanol–water partition coefficient (Wildman–Crippen LogP) is 2.76. The SMILES string of the molecule is O=C(OCC1CCN(Cc2ccccc2)C1)c1ccccn1. The lowest BCUT2D eigenvalue weighted by molar-refractivity contribution is 0.0436. The maximum absolute atomic E-state index is 11.9. The zero-order chi connectivity index (χ0) is 15.2. The summed E-state index contributed by atoms with van der Waals surface area (Å²) >= 11 is 0. The lowest BCUT2D eigenvalue weighted by Gasteiger charge is -2.16. The minimum absolute atomic E-state index is 0.331. The Kier molecular flexibility index (Phi) is 4.81. The summed E-state index contributed by atoms with van der Waals surface area (Å²) in [6, 6.07) is 15.7. The summed E-state index contributed by atoms with van der Waals surface area (Å²) in [6.07, 6.45) is 2.68. The standard InChI is InChI=1S/C18H20N2O2/c21-18(17-8-4-5-10-19-17)22-14-16-9-11-20(13-16)12-15-6-2-1-3-7-15/h1-8,10,16H,9,11-14H2. The van der Waals surface area contributed by atoms with Crippen LogP contribution in [-0.4, -0.2) is 35.5 Å². The molecular weight excluding hydrogens is 276 g/mol. The maximum Gasteiger partial charge on any atom is 0.356 e. The highest BCUT2D eigenvalue weighted by Gasteiger charge is 2.24. The van der Waals surface area contributed by atoms with Crippen LogP contribution in [0.2, 0.25) is 0 Å². The van der Waals surface area contributed by atoms with Gasteiger partial charge in [-0.1, -0.05) is 36.4 Å². The van der Waals surface area contributed by atoms with Gasteiger partial charge in [-0.3, -0.25) is 4.90 Å². The Morgan fingerprint density at radius 2 is 2.00 bits per heavy atom. The Balaban J connectivity index is 1.44. The minimum atomic E-state index is -0.331. The minimum Gasteiger partial charge on any atom is -0.461 e. The summed E-state index contributed by atoms with van der Waals surface area (Å²) in [6.45, 7) is 3.47. The Morgan fingerprint density at radius 1 is 1.18 bits per heavy atom. The molecule has 1 atom stereocenters. The molecule has 0 spiro atoms. The number of hydrogen-bond acceptors (Lipinski definition) is 4. The number of carbonyl (C=O) groups is 1. The first-order valence-electron chi connectivity index (χ1n) is 7.66. The van der Waals surface area contributed by atoms with Crippen LogP contribution < -0.4 is 0 Å². The molecule has 1 aromatic carbocycles. The van der Waals surface area contributed by atoms with Crippen LogP contribution in [0.4, 0.5) is 0 Å². The molecule has 2 aromatic rings. The van der Waals surface area contributed by atoms with Gasteiger partial charge in [-0.2, -0.15) is 0 Å². The van der Waals surface area contributed by atoms with Crippen molar-refractivity contribution in [1.82, 2.24) is 9.88 Å². The van der Waals surface area contributed by atoms with Gasteiger partial charge in [-0.05, 0) is 30.7 Å². The normalized spacial score (nSPS) is 18.3. The average molecular weight is 296 g/mol. The van der Waals surface area contributed by atoms with Crippen LogP contribution in [0.1, 0.15) is 22.5 Å². The van der Waals surface area contributed by atoms with Crippen molar-refractivity contribution in [3.63, 3.8) is 0 Å². The topological polar surface area (TPSA) is 42.4 Å². The van der Waals surface area contributed by atoms with E-state index in [4.69, 9.17) is 4.74 Å². The molecule has 0 bridgehead atoms. The van der Waals surface area contributed by atoms with Crippen LogP contribution in [0, 0.1) is 5.92 Å². The van der Waals surface area contributed by atoms with E-state index >= 15 is 0 Å². The molecule has 1 aliphatic rings. The molecule has 0 N–H and O–H groups in total. The molecule has 22 heavy (non-hydrogen) atoms. The molecule has 1 aliphatic heterocycles. The summed E-state index contributed by atoms with van der Waals surface area (Å²) < 4.78 is 5.38. The highest BCUT2D eigenvalue weighted by Crippen LogP contribution is 2.19. The number of carbonyl (C=O) groups excluding carboxylic acids is 1. The summed E-state index contributed by atoms with van der Waals surface area (Å²) in [5, 5.41) is 0. The van der Waals surface area contributed by atoms with Crippen molar-refractivity contribution < 1.29 is 9.53 Å². The average Bonchev–Trinajstić information content (AvgIpc) is 3.02. The Labute approximate surface area is 130 Å². The zero-order valence-electron chi connectivity index (χ0n) is 12.5. The Morgan fingerprint density at radius 3 is 2.77 bits per heavy atom. The van der Waals surface area contributed by atoms with Gasteiger partial charge in [0.1, 0.15) is 5.69 Å². The van der Waals surface area contributed by atoms with E-state index in [9.17, 15) is 4.79 Å². The highest BCUT2D eigenvalue weighted by atomic mass is 16.5. The van der Waals surface area contributed by atoms with Crippen LogP contribution in [0.15, 0.2) is 54.7 Å². The largest absolute Gasteiger partial charge is 0.461 e. The third-order valence-electron chi connectivity index (χ3n) is 3.94. The molecule has 4 nitrogen and oxygen atoms in total. The molecule has 0 saturated carbocycles. The maximum atomic E-state index is 11.9. The third kappa shape index (κ3) is 3.92. The van der Waals surface area contributed by atoms with Gasteiger partial charge >= 0.3 is 5.97 Å². The summed E-state index contributed by atoms with van der Waals surface area (Å²) in [5.74, 6) is 0.0819. The van der Waals surface area contributed by atoms with Gasteiger partial charge in [-0.15, -0.1) is 0 Å². The molecule has 0 aliphatic carbocycles. The first kappa shape index (κ1) is 14.7. The van der Waals surface area contributed by atoms with Crippen LogP contribution in [0.25, 0.3) is 0 Å². The lowest BCUT2D eigenvalue weighted by Crippen LogP contribution is -2.22. The zero-order valence-corrected chi connectivity index (χ0v) is 12.5. The van der Waals surface area contributed by atoms with Gasteiger partial charge < -0.3 is 4.74 Å². The number of likely N-dealkylation sites (tertiary alicyclic amines) is 1. The first-order valence-corrected chi connectivity index (χ1v) is 7.66. The van der Waals surface area contributed by atoms with Crippen molar-refractivity contribution in [2.24, 2.45) is 5.92 Å². The van der Waals surface area contributed by atoms with E-state index in [2.05, 4.69) is 34.1 Å². The molecule has 4 heteroatoms. The first-order chi connectivity index (χ1) is 10.8. The van der Waals surface area contributed by atoms with Gasteiger partial charge in [-0.25, -0.2) is 9.78 Å². The molecule has 1 fully saturated rings. The van der Waals surface area contributed by atoms with E-state index in [-0.39, 0.29) is 5.97 Å². The number of nitrogens with zero attached hydrogens (tertiary/aromatic N) is 2. The van der Waals surface area contributed by atoms with Gasteiger partial charge in [0.2, 0.25) is 0 Å². The second-order valence-corrected chi connectivity index (χ2v) is 5.69. The predicted molar refractivity (Wildman–Crippen MR) is 84.3 cm³/mol. The summed E-state index contributed by atoms with van der Waals surface area (Å²) in [7, 11) is 0. The lowest BCUT2D eigenvalue weighted by atomic mass is 10.1. The van der Waals surface area contributed by atoms with E-state index in [0.29, 0.717) is 18.2 Å².